The average molecular weight is 1120 g/mol. The molecule has 0 heterocycles. The SMILES string of the molecule is CC(C)c1cccc(C(C)C)c1[N-][Si](C(C)C)(C(C)C)C(C)C.CC(C)c1cccc(C(C)C)c1[N-][Si](C(C)C)(C(C)C)C(C)C.COCCOC.COCCOC.COCCOC.COCCOC.[Cr].[K+]. The van der Waals surface area contributed by atoms with Crippen LogP contribution in [0.2, 0.25) is 33.2 Å². The molecule has 2 aromatic carbocycles. The van der Waals surface area contributed by atoms with Crippen LogP contribution in [-0.2, 0) is 55.3 Å². The van der Waals surface area contributed by atoms with E-state index in [1.807, 2.05) is 0 Å². The second kappa shape index (κ2) is 49.6. The summed E-state index contributed by atoms with van der Waals surface area (Å²) in [5.41, 5.74) is 12.3. The van der Waals surface area contributed by atoms with Gasteiger partial charge in [0.25, 0.3) is 0 Å². The minimum absolute atomic E-state index is 0. The van der Waals surface area contributed by atoms with Gasteiger partial charge in [0, 0.05) is 74.2 Å². The molecule has 10 nitrogen and oxygen atoms in total. The minimum Gasteiger partial charge on any atom is -0.686 e. The number of hydrogen-bond donors (Lipinski definition) is 0. The van der Waals surface area contributed by atoms with Crippen molar-refractivity contribution >= 4 is 27.8 Å². The monoisotopic (exact) mass is 1120 g/mol. The van der Waals surface area contributed by atoms with Crippen LogP contribution in [0.15, 0.2) is 36.4 Å². The van der Waals surface area contributed by atoms with Crippen LogP contribution in [0.3, 0.4) is 0 Å². The number of ether oxygens (including phenoxy) is 8. The van der Waals surface area contributed by atoms with Crippen molar-refractivity contribution in [1.29, 1.82) is 0 Å². The van der Waals surface area contributed by atoms with Crippen molar-refractivity contribution in [2.75, 3.05) is 110 Å². The second-order valence-electron chi connectivity index (χ2n) is 21.1. The molecular weight excluding hydrogens is 1000 g/mol. The molecular formula is C58H116CrKN2O8Si2-. The largest absolute Gasteiger partial charge is 1.00 e. The molecule has 14 heteroatoms. The van der Waals surface area contributed by atoms with E-state index in [1.165, 1.54) is 33.6 Å². The number of methoxy groups -OCH3 is 8. The van der Waals surface area contributed by atoms with Gasteiger partial charge in [0.1, 0.15) is 0 Å². The Morgan fingerprint density at radius 3 is 0.542 bits per heavy atom. The van der Waals surface area contributed by atoms with E-state index in [1.54, 1.807) is 56.9 Å². The van der Waals surface area contributed by atoms with Crippen LogP contribution in [0, 0.1) is 0 Å². The normalized spacial score (nSPS) is 11.3. The van der Waals surface area contributed by atoms with Crippen molar-refractivity contribution < 1.29 is 107 Å². The quantitative estimate of drug-likeness (QED) is 0.0678. The van der Waals surface area contributed by atoms with Gasteiger partial charge in [-0.05, 0) is 40.1 Å². The summed E-state index contributed by atoms with van der Waals surface area (Å²) in [6.45, 7) is 52.6. The third kappa shape index (κ3) is 32.3. The summed E-state index contributed by atoms with van der Waals surface area (Å²) >= 11 is 0. The molecule has 0 aliphatic rings. The second-order valence-corrected chi connectivity index (χ2v) is 32.0. The fraction of sp³-hybridized carbons (Fsp3) is 0.793. The molecule has 2 rings (SSSR count). The van der Waals surface area contributed by atoms with E-state index in [4.69, 9.17) is 9.96 Å². The first kappa shape index (κ1) is 83.6. The average Bonchev–Trinajstić information content (AvgIpc) is 3.29. The molecule has 422 valence electrons. The molecule has 0 fully saturated rings. The Hall–Kier alpha value is 0.323. The molecule has 0 unspecified atom stereocenters. The molecule has 0 bridgehead atoms. The molecule has 0 saturated carbocycles. The Balaban J connectivity index is -0.000000205. The summed E-state index contributed by atoms with van der Waals surface area (Å²) in [7, 11) is 9.62. The molecule has 0 aliphatic carbocycles. The first-order chi connectivity index (χ1) is 32.8. The van der Waals surface area contributed by atoms with Crippen molar-refractivity contribution in [2.45, 2.75) is 195 Å². The van der Waals surface area contributed by atoms with Crippen molar-refractivity contribution in [1.82, 2.24) is 0 Å². The first-order valence-corrected chi connectivity index (χ1v) is 30.8. The number of rotatable bonds is 26. The molecule has 0 saturated heterocycles. The van der Waals surface area contributed by atoms with Crippen LogP contribution >= 0.6 is 0 Å². The van der Waals surface area contributed by atoms with Gasteiger partial charge in [-0.15, -0.1) is 11.4 Å². The van der Waals surface area contributed by atoms with E-state index in [-0.39, 0.29) is 68.7 Å². The molecule has 0 aromatic heterocycles. The first-order valence-electron chi connectivity index (χ1n) is 26.4. The van der Waals surface area contributed by atoms with E-state index >= 15 is 0 Å². The molecule has 0 atom stereocenters. The number of hydrogen-bond acceptors (Lipinski definition) is 8. The predicted octanol–water partition coefficient (Wildman–Crippen LogP) is 14.3. The summed E-state index contributed by atoms with van der Waals surface area (Å²) < 4.78 is 37.3. The molecule has 0 N–H and O–H groups in total. The van der Waals surface area contributed by atoms with Gasteiger partial charge in [-0.1, -0.05) is 230 Å². The topological polar surface area (TPSA) is 102 Å². The number of nitrogens with zero attached hydrogens (tertiary/aromatic N) is 2. The Bertz CT molecular complexity index is 1260. The van der Waals surface area contributed by atoms with Crippen molar-refractivity contribution in [3.63, 3.8) is 0 Å². The summed E-state index contributed by atoms with van der Waals surface area (Å²) in [6.07, 6.45) is 0. The molecule has 0 aliphatic heterocycles. The van der Waals surface area contributed by atoms with Crippen LogP contribution in [0.5, 0.6) is 0 Å². The van der Waals surface area contributed by atoms with Gasteiger partial charge in [-0.2, -0.15) is 0 Å². The summed E-state index contributed by atoms with van der Waals surface area (Å²) in [5.74, 6) is 2.08. The van der Waals surface area contributed by atoms with E-state index in [0.717, 1.165) is 0 Å². The zero-order valence-electron chi connectivity index (χ0n) is 52.5. The van der Waals surface area contributed by atoms with Crippen LogP contribution in [0.1, 0.15) is 184 Å². The van der Waals surface area contributed by atoms with Crippen molar-refractivity contribution in [3.05, 3.63) is 68.6 Å². The standard InChI is InChI=1S/2C21H38NSi.4C4H10O2.Cr.K/c2*1-14(2)19-12-11-13-20(15(3)4)21(19)22-23(16(5)6,17(7)8)18(9)10;4*1-5-3-4-6-2;;/h2*11-18H,1-10H3;4*3-4H2,1-2H3;;/q2*-1;;;;;;+1. The summed E-state index contributed by atoms with van der Waals surface area (Å²) in [5, 5.41) is 0. The van der Waals surface area contributed by atoms with Gasteiger partial charge < -0.3 is 47.9 Å². The third-order valence-corrected chi connectivity index (χ3v) is 25.1. The Morgan fingerprint density at radius 2 is 0.444 bits per heavy atom. The van der Waals surface area contributed by atoms with E-state index in [0.29, 0.717) is 110 Å². The minimum atomic E-state index is -1.80. The maximum atomic E-state index is 5.67. The number of benzene rings is 2. The van der Waals surface area contributed by atoms with Crippen molar-refractivity contribution in [3.8, 4) is 0 Å². The molecule has 0 radical (unpaired) electrons. The zero-order valence-corrected chi connectivity index (χ0v) is 58.9. The van der Waals surface area contributed by atoms with Crippen LogP contribution in [0.4, 0.5) is 11.4 Å². The Morgan fingerprint density at radius 1 is 0.306 bits per heavy atom. The zero-order chi connectivity index (χ0) is 55.2. The van der Waals surface area contributed by atoms with E-state index in [9.17, 15) is 0 Å². The molecule has 2 aromatic rings. The smallest absolute Gasteiger partial charge is 0.686 e. The molecule has 72 heavy (non-hydrogen) atoms. The maximum Gasteiger partial charge on any atom is 1.00 e. The Labute approximate surface area is 503 Å². The van der Waals surface area contributed by atoms with Gasteiger partial charge in [0.15, 0.2) is 0 Å². The maximum absolute atomic E-state index is 5.67. The Kier molecular flexibility index (Phi) is 57.6. The van der Waals surface area contributed by atoms with E-state index in [2.05, 4.69) is 213 Å². The molecule has 0 spiro atoms. The predicted molar refractivity (Wildman–Crippen MR) is 312 cm³/mol. The van der Waals surface area contributed by atoms with Crippen LogP contribution in [0.25, 0.3) is 9.96 Å². The van der Waals surface area contributed by atoms with Crippen molar-refractivity contribution in [2.24, 2.45) is 0 Å². The van der Waals surface area contributed by atoms with E-state index < -0.39 is 16.5 Å². The van der Waals surface area contributed by atoms with Gasteiger partial charge in [-0.25, -0.2) is 0 Å². The van der Waals surface area contributed by atoms with Crippen LogP contribution in [-0.4, -0.2) is 126 Å². The van der Waals surface area contributed by atoms with Gasteiger partial charge in [0.2, 0.25) is 0 Å². The van der Waals surface area contributed by atoms with Gasteiger partial charge >= 0.3 is 51.4 Å². The summed E-state index contributed by atoms with van der Waals surface area (Å²) in [6, 6.07) is 13.6. The van der Waals surface area contributed by atoms with Gasteiger partial charge in [0.05, 0.1) is 52.9 Å². The van der Waals surface area contributed by atoms with Gasteiger partial charge in [-0.3, -0.25) is 0 Å². The fourth-order valence-corrected chi connectivity index (χ4v) is 20.0. The fourth-order valence-electron chi connectivity index (χ4n) is 9.11. The third-order valence-electron chi connectivity index (χ3n) is 12.8. The summed E-state index contributed by atoms with van der Waals surface area (Å²) in [4.78, 5) is 11.3. The molecule has 0 amide bonds. The van der Waals surface area contributed by atoms with Crippen LogP contribution < -0.4 is 51.4 Å².